The second-order valence-electron chi connectivity index (χ2n) is 12.2. The molecule has 3 aliphatic rings. The SMILES string of the molecule is CC(C)(OC1C(O)[C@H](C(C)(C)OC2C(O)[C@H](OCCN)OC(CO)[C@H]2O)OC(CO)[C@H]1O)[C@@H]1OC(CO)[C@@H](O)C(O)C1O. The molecule has 0 amide bonds. The van der Waals surface area contributed by atoms with Crippen LogP contribution >= 0.6 is 0 Å². The Bertz CT molecular complexity index is 865. The highest BCUT2D eigenvalue weighted by atomic mass is 16.7. The monoisotopic (exact) mass is 631 g/mol. The van der Waals surface area contributed by atoms with Crippen molar-refractivity contribution in [1.82, 2.24) is 0 Å². The van der Waals surface area contributed by atoms with Gasteiger partial charge in [0.15, 0.2) is 6.29 Å². The molecule has 12 N–H and O–H groups in total. The van der Waals surface area contributed by atoms with Crippen LogP contribution < -0.4 is 5.73 Å². The molecule has 3 rings (SSSR count). The van der Waals surface area contributed by atoms with E-state index in [1.807, 2.05) is 0 Å². The first-order valence-corrected chi connectivity index (χ1v) is 14.3. The number of aliphatic hydroxyl groups is 10. The molecule has 0 bridgehead atoms. The van der Waals surface area contributed by atoms with E-state index in [2.05, 4.69) is 0 Å². The summed E-state index contributed by atoms with van der Waals surface area (Å²) in [7, 11) is 0. The summed E-state index contributed by atoms with van der Waals surface area (Å²) >= 11 is 0. The van der Waals surface area contributed by atoms with Crippen molar-refractivity contribution in [2.75, 3.05) is 33.0 Å². The van der Waals surface area contributed by atoms with Crippen molar-refractivity contribution in [2.45, 2.75) is 131 Å². The van der Waals surface area contributed by atoms with Gasteiger partial charge in [-0.05, 0) is 27.7 Å². The van der Waals surface area contributed by atoms with Crippen LogP contribution in [0.3, 0.4) is 0 Å². The van der Waals surface area contributed by atoms with Gasteiger partial charge in [-0.15, -0.1) is 0 Å². The lowest BCUT2D eigenvalue weighted by Crippen LogP contribution is -2.70. The zero-order chi connectivity index (χ0) is 32.4. The molecule has 254 valence electrons. The molecule has 0 radical (unpaired) electrons. The van der Waals surface area contributed by atoms with Gasteiger partial charge in [-0.1, -0.05) is 0 Å². The van der Waals surface area contributed by atoms with Gasteiger partial charge in [0, 0.05) is 6.54 Å². The van der Waals surface area contributed by atoms with Gasteiger partial charge in [-0.2, -0.15) is 0 Å². The highest BCUT2D eigenvalue weighted by molar-refractivity contribution is 5.04. The summed E-state index contributed by atoms with van der Waals surface area (Å²) in [5.41, 5.74) is 2.31. The molecule has 3 aliphatic heterocycles. The molecule has 0 spiro atoms. The molecule has 3 heterocycles. The third-order valence-electron chi connectivity index (χ3n) is 8.23. The molecule has 0 aromatic rings. The maximum atomic E-state index is 11.5. The van der Waals surface area contributed by atoms with E-state index in [1.165, 1.54) is 27.7 Å². The van der Waals surface area contributed by atoms with Crippen LogP contribution in [0.2, 0.25) is 0 Å². The summed E-state index contributed by atoms with van der Waals surface area (Å²) in [6, 6.07) is 0. The third kappa shape index (κ3) is 7.66. The molecule has 17 nitrogen and oxygen atoms in total. The fraction of sp³-hybridized carbons (Fsp3) is 1.00. The number of rotatable bonds is 12. The highest BCUT2D eigenvalue weighted by Crippen LogP contribution is 2.38. The van der Waals surface area contributed by atoms with Gasteiger partial charge in [0.05, 0.1) is 37.6 Å². The Balaban J connectivity index is 1.86. The first-order valence-electron chi connectivity index (χ1n) is 14.3. The van der Waals surface area contributed by atoms with E-state index < -0.39 is 123 Å². The van der Waals surface area contributed by atoms with Gasteiger partial charge in [0.2, 0.25) is 0 Å². The van der Waals surface area contributed by atoms with Crippen LogP contribution in [0.5, 0.6) is 0 Å². The average Bonchev–Trinajstić information content (AvgIpc) is 2.95. The molecule has 0 saturated carbocycles. The van der Waals surface area contributed by atoms with E-state index in [9.17, 15) is 51.1 Å². The summed E-state index contributed by atoms with van der Waals surface area (Å²) in [6.45, 7) is 3.86. The Morgan fingerprint density at radius 3 is 1.44 bits per heavy atom. The van der Waals surface area contributed by atoms with E-state index in [0.29, 0.717) is 0 Å². The number of hydrogen-bond donors (Lipinski definition) is 11. The Morgan fingerprint density at radius 2 is 0.977 bits per heavy atom. The van der Waals surface area contributed by atoms with Gasteiger partial charge < -0.3 is 85.2 Å². The molecular formula is C26H49NO16. The molecule has 15 atom stereocenters. The lowest BCUT2D eigenvalue weighted by atomic mass is 9.84. The van der Waals surface area contributed by atoms with E-state index in [4.69, 9.17) is 34.2 Å². The quantitative estimate of drug-likeness (QED) is 0.0956. The third-order valence-corrected chi connectivity index (χ3v) is 8.23. The lowest BCUT2D eigenvalue weighted by Gasteiger charge is -2.53. The van der Waals surface area contributed by atoms with Crippen molar-refractivity contribution >= 4 is 0 Å². The van der Waals surface area contributed by atoms with Gasteiger partial charge >= 0.3 is 0 Å². The van der Waals surface area contributed by atoms with E-state index in [-0.39, 0.29) is 13.2 Å². The Morgan fingerprint density at radius 1 is 0.558 bits per heavy atom. The summed E-state index contributed by atoms with van der Waals surface area (Å²) in [4.78, 5) is 0. The van der Waals surface area contributed by atoms with Crippen molar-refractivity contribution in [3.05, 3.63) is 0 Å². The Kier molecular flexibility index (Phi) is 12.7. The molecule has 0 aliphatic carbocycles. The fourth-order valence-corrected chi connectivity index (χ4v) is 5.83. The molecular weight excluding hydrogens is 582 g/mol. The second-order valence-corrected chi connectivity index (χ2v) is 12.2. The summed E-state index contributed by atoms with van der Waals surface area (Å²) in [5.74, 6) is 0. The van der Waals surface area contributed by atoms with Gasteiger partial charge in [0.1, 0.15) is 85.5 Å². The van der Waals surface area contributed by atoms with E-state index >= 15 is 0 Å². The minimum absolute atomic E-state index is 0.00412. The van der Waals surface area contributed by atoms with Crippen molar-refractivity contribution in [1.29, 1.82) is 0 Å². The van der Waals surface area contributed by atoms with Crippen molar-refractivity contribution < 1.29 is 79.5 Å². The minimum Gasteiger partial charge on any atom is -0.394 e. The number of hydrogen-bond acceptors (Lipinski definition) is 17. The molecule has 43 heavy (non-hydrogen) atoms. The van der Waals surface area contributed by atoms with Crippen LogP contribution in [0.25, 0.3) is 0 Å². The van der Waals surface area contributed by atoms with Crippen molar-refractivity contribution in [3.8, 4) is 0 Å². The zero-order valence-electron chi connectivity index (χ0n) is 24.7. The summed E-state index contributed by atoms with van der Waals surface area (Å²) in [5, 5.41) is 105. The number of nitrogens with two attached hydrogens (primary N) is 1. The maximum absolute atomic E-state index is 11.5. The molecule has 0 aromatic carbocycles. The van der Waals surface area contributed by atoms with Crippen molar-refractivity contribution in [3.63, 3.8) is 0 Å². The predicted molar refractivity (Wildman–Crippen MR) is 142 cm³/mol. The van der Waals surface area contributed by atoms with Crippen LogP contribution in [0, 0.1) is 0 Å². The maximum Gasteiger partial charge on any atom is 0.186 e. The Hall–Kier alpha value is -0.680. The topological polar surface area (TPSA) is 284 Å². The highest BCUT2D eigenvalue weighted by Gasteiger charge is 2.57. The largest absolute Gasteiger partial charge is 0.394 e. The molecule has 17 heteroatoms. The van der Waals surface area contributed by atoms with E-state index in [0.717, 1.165) is 0 Å². The average molecular weight is 632 g/mol. The lowest BCUT2D eigenvalue weighted by molar-refractivity contribution is -0.345. The van der Waals surface area contributed by atoms with Crippen LogP contribution in [-0.4, -0.2) is 187 Å². The standard InChI is InChI=1S/C26H49NO16/c1-25(2,22-17(35)16(34)13(31)10(7-28)39-22)42-20-14(32)11(8-29)40-23(18(20)36)26(3,4)43-21-15(33)12(9-30)41-24(19(21)37)38-6-5-27/h10-24,28-37H,5-9,27H2,1-4H3/t10?,11?,12?,13-,14-,15-,16?,17?,18?,19?,20?,21?,22-,23-,24-/m1/s1. The summed E-state index contributed by atoms with van der Waals surface area (Å²) < 4.78 is 34.5. The van der Waals surface area contributed by atoms with Gasteiger partial charge in [-0.25, -0.2) is 0 Å². The predicted octanol–water partition coefficient (Wildman–Crippen LogP) is -5.95. The van der Waals surface area contributed by atoms with Gasteiger partial charge in [-0.3, -0.25) is 0 Å². The molecule has 9 unspecified atom stereocenters. The first-order chi connectivity index (χ1) is 20.1. The second kappa shape index (κ2) is 14.8. The van der Waals surface area contributed by atoms with Crippen LogP contribution in [0.15, 0.2) is 0 Å². The minimum atomic E-state index is -1.70. The Labute approximate surface area is 249 Å². The van der Waals surface area contributed by atoms with Crippen molar-refractivity contribution in [2.24, 2.45) is 5.73 Å². The van der Waals surface area contributed by atoms with Crippen LogP contribution in [-0.2, 0) is 28.4 Å². The summed E-state index contributed by atoms with van der Waals surface area (Å²) in [6.07, 6.45) is -22.2. The number of aliphatic hydroxyl groups excluding tert-OH is 10. The van der Waals surface area contributed by atoms with Crippen LogP contribution in [0.4, 0.5) is 0 Å². The molecule has 3 saturated heterocycles. The normalized spacial score (nSPS) is 44.9. The number of ether oxygens (including phenoxy) is 6. The van der Waals surface area contributed by atoms with Crippen LogP contribution in [0.1, 0.15) is 27.7 Å². The fourth-order valence-electron chi connectivity index (χ4n) is 5.83. The zero-order valence-corrected chi connectivity index (χ0v) is 24.7. The van der Waals surface area contributed by atoms with Gasteiger partial charge in [0.25, 0.3) is 0 Å². The van der Waals surface area contributed by atoms with E-state index in [1.54, 1.807) is 0 Å². The molecule has 3 fully saturated rings. The smallest absolute Gasteiger partial charge is 0.186 e. The molecule has 0 aromatic heterocycles. The first kappa shape index (κ1) is 36.8.